The Balaban J connectivity index is 1.19. The van der Waals surface area contributed by atoms with Crippen LogP contribution in [-0.2, 0) is 4.79 Å². The molecule has 3 aliphatic rings. The van der Waals surface area contributed by atoms with E-state index in [1.165, 1.54) is 48.4 Å². The fourth-order valence-electron chi connectivity index (χ4n) is 5.16. The van der Waals surface area contributed by atoms with Crippen molar-refractivity contribution in [2.24, 2.45) is 11.0 Å². The first-order valence-corrected chi connectivity index (χ1v) is 13.4. The highest BCUT2D eigenvalue weighted by molar-refractivity contribution is 7.12. The molecule has 0 radical (unpaired) electrons. The lowest BCUT2D eigenvalue weighted by Crippen LogP contribution is -2.50. The molecule has 2 aromatic rings. The third kappa shape index (κ3) is 5.11. The quantitative estimate of drug-likeness (QED) is 0.633. The number of nitrogens with zero attached hydrogens (tertiary/aromatic N) is 4. The largest absolute Gasteiger partial charge is 0.301 e. The number of hydrogen-bond donors (Lipinski definition) is 0. The van der Waals surface area contributed by atoms with Crippen LogP contribution >= 0.6 is 22.7 Å². The molecule has 166 valence electrons. The van der Waals surface area contributed by atoms with Gasteiger partial charge in [0.1, 0.15) is 0 Å². The van der Waals surface area contributed by atoms with E-state index in [1.807, 2.05) is 0 Å². The fraction of sp³-hybridized carbons (Fsp3) is 0.583. The Morgan fingerprint density at radius 3 is 2.42 bits per heavy atom. The first kappa shape index (κ1) is 21.3. The number of carbonyl (C=O) groups excluding carboxylic acids is 1. The second-order valence-electron chi connectivity index (χ2n) is 9.08. The van der Waals surface area contributed by atoms with E-state index in [9.17, 15) is 4.79 Å². The van der Waals surface area contributed by atoms with Gasteiger partial charge >= 0.3 is 0 Å². The Hall–Kier alpha value is -1.54. The summed E-state index contributed by atoms with van der Waals surface area (Å²) >= 11 is 3.42. The van der Waals surface area contributed by atoms with Crippen molar-refractivity contribution in [3.05, 3.63) is 44.8 Å². The summed E-state index contributed by atoms with van der Waals surface area (Å²) in [7, 11) is 0. The zero-order valence-corrected chi connectivity index (χ0v) is 19.8. The average molecular weight is 457 g/mol. The molecule has 1 saturated heterocycles. The van der Waals surface area contributed by atoms with Crippen molar-refractivity contribution in [3.8, 4) is 0 Å². The molecule has 1 saturated carbocycles. The molecule has 5 rings (SSSR count). The number of hydrazone groups is 1. The van der Waals surface area contributed by atoms with Crippen molar-refractivity contribution in [1.29, 1.82) is 0 Å². The van der Waals surface area contributed by atoms with Crippen LogP contribution in [0, 0.1) is 5.92 Å². The van der Waals surface area contributed by atoms with Crippen LogP contribution in [0.1, 0.15) is 54.3 Å². The lowest BCUT2D eigenvalue weighted by atomic mass is 9.89. The summed E-state index contributed by atoms with van der Waals surface area (Å²) in [5, 5.41) is 10.7. The molecule has 31 heavy (non-hydrogen) atoms. The predicted molar refractivity (Wildman–Crippen MR) is 129 cm³/mol. The van der Waals surface area contributed by atoms with Gasteiger partial charge in [0.2, 0.25) is 0 Å². The molecule has 5 nitrogen and oxygen atoms in total. The molecule has 2 aromatic heterocycles. The van der Waals surface area contributed by atoms with Crippen LogP contribution in [0.25, 0.3) is 0 Å². The Kier molecular flexibility index (Phi) is 6.84. The zero-order chi connectivity index (χ0) is 21.0. The first-order chi connectivity index (χ1) is 15.3. The maximum atomic E-state index is 13.3. The highest BCUT2D eigenvalue weighted by atomic mass is 32.1. The van der Waals surface area contributed by atoms with Crippen LogP contribution in [0.4, 0.5) is 0 Å². The van der Waals surface area contributed by atoms with Crippen LogP contribution in [0.3, 0.4) is 0 Å². The van der Waals surface area contributed by atoms with Crippen molar-refractivity contribution in [2.75, 3.05) is 39.3 Å². The van der Waals surface area contributed by atoms with Crippen LogP contribution in [0.2, 0.25) is 0 Å². The van der Waals surface area contributed by atoms with Gasteiger partial charge in [-0.2, -0.15) is 5.10 Å². The average Bonchev–Trinajstić information content (AvgIpc) is 3.56. The van der Waals surface area contributed by atoms with E-state index in [4.69, 9.17) is 5.10 Å². The number of hydrogen-bond acceptors (Lipinski definition) is 6. The number of piperazine rings is 1. The molecule has 7 heteroatoms. The standard InChI is InChI=1S/C24H32N4OS2/c29-24(18-27-12-10-26(11-13-27)17-19-6-2-1-3-7-19)28-21(23-9-5-15-31-23)16-20(25-28)22-8-4-14-30-22/h4-5,8-9,14-15,19,21H,1-3,6-7,10-13,16-18H2. The monoisotopic (exact) mass is 456 g/mol. The Morgan fingerprint density at radius 2 is 1.71 bits per heavy atom. The molecule has 1 aliphatic carbocycles. The molecule has 1 unspecified atom stereocenters. The van der Waals surface area contributed by atoms with Crippen molar-refractivity contribution in [1.82, 2.24) is 14.8 Å². The predicted octanol–water partition coefficient (Wildman–Crippen LogP) is 4.69. The van der Waals surface area contributed by atoms with Crippen molar-refractivity contribution >= 4 is 34.3 Å². The zero-order valence-electron chi connectivity index (χ0n) is 18.1. The van der Waals surface area contributed by atoms with E-state index in [0.29, 0.717) is 6.54 Å². The van der Waals surface area contributed by atoms with E-state index in [0.717, 1.165) is 44.2 Å². The maximum Gasteiger partial charge on any atom is 0.257 e. The van der Waals surface area contributed by atoms with Crippen molar-refractivity contribution in [3.63, 3.8) is 0 Å². The number of rotatable bonds is 6. The van der Waals surface area contributed by atoms with Gasteiger partial charge in [0, 0.05) is 44.0 Å². The third-order valence-electron chi connectivity index (χ3n) is 6.91. The van der Waals surface area contributed by atoms with Crippen molar-refractivity contribution < 1.29 is 4.79 Å². The van der Waals surface area contributed by atoms with Gasteiger partial charge in [-0.3, -0.25) is 9.69 Å². The molecule has 0 aromatic carbocycles. The number of amides is 1. The summed E-state index contributed by atoms with van der Waals surface area (Å²) < 4.78 is 0. The van der Waals surface area contributed by atoms with E-state index >= 15 is 0 Å². The van der Waals surface area contributed by atoms with E-state index in [-0.39, 0.29) is 11.9 Å². The van der Waals surface area contributed by atoms with Crippen molar-refractivity contribution in [2.45, 2.75) is 44.6 Å². The van der Waals surface area contributed by atoms with Gasteiger partial charge in [-0.1, -0.05) is 31.4 Å². The fourth-order valence-corrected chi connectivity index (χ4v) is 6.70. The molecule has 0 spiro atoms. The van der Waals surface area contributed by atoms with Crippen LogP contribution in [0.15, 0.2) is 40.1 Å². The normalized spacial score (nSPS) is 23.9. The Labute approximate surface area is 193 Å². The van der Waals surface area contributed by atoms with Crippen LogP contribution in [0.5, 0.6) is 0 Å². The first-order valence-electron chi connectivity index (χ1n) is 11.7. The molecule has 4 heterocycles. The van der Waals surface area contributed by atoms with E-state index in [1.54, 1.807) is 27.7 Å². The summed E-state index contributed by atoms with van der Waals surface area (Å²) in [5.74, 6) is 1.02. The minimum Gasteiger partial charge on any atom is -0.301 e. The molecule has 2 fully saturated rings. The second kappa shape index (κ2) is 9.94. The van der Waals surface area contributed by atoms with Gasteiger partial charge in [0.25, 0.3) is 5.91 Å². The van der Waals surface area contributed by atoms with Gasteiger partial charge in [-0.05, 0) is 41.7 Å². The Morgan fingerprint density at radius 1 is 0.968 bits per heavy atom. The summed E-state index contributed by atoms with van der Waals surface area (Å²) in [4.78, 5) is 20.6. The van der Waals surface area contributed by atoms with Gasteiger partial charge < -0.3 is 4.90 Å². The molecule has 0 bridgehead atoms. The van der Waals surface area contributed by atoms with Crippen LogP contribution in [-0.4, -0.2) is 65.7 Å². The minimum absolute atomic E-state index is 0.0391. The van der Waals surface area contributed by atoms with Crippen LogP contribution < -0.4 is 0 Å². The topological polar surface area (TPSA) is 39.2 Å². The van der Waals surface area contributed by atoms with Gasteiger partial charge in [-0.25, -0.2) is 5.01 Å². The molecular weight excluding hydrogens is 424 g/mol. The highest BCUT2D eigenvalue weighted by Crippen LogP contribution is 2.36. The SMILES string of the molecule is O=C(CN1CCN(CC2CCCCC2)CC1)N1N=C(c2cccs2)CC1c1cccs1. The van der Waals surface area contributed by atoms with E-state index in [2.05, 4.69) is 44.8 Å². The lowest BCUT2D eigenvalue weighted by molar-refractivity contribution is -0.134. The summed E-state index contributed by atoms with van der Waals surface area (Å²) in [6.07, 6.45) is 7.86. The third-order valence-corrected chi connectivity index (χ3v) is 8.80. The maximum absolute atomic E-state index is 13.3. The molecule has 2 aliphatic heterocycles. The summed E-state index contributed by atoms with van der Waals surface area (Å²) in [6.45, 7) is 5.86. The van der Waals surface area contributed by atoms with Gasteiger partial charge in [0.05, 0.1) is 23.2 Å². The molecule has 1 atom stereocenters. The molecule has 0 N–H and O–H groups in total. The minimum atomic E-state index is 0.0391. The second-order valence-corrected chi connectivity index (χ2v) is 11.0. The molecule has 1 amide bonds. The number of thiophene rings is 2. The lowest BCUT2D eigenvalue weighted by Gasteiger charge is -2.37. The summed E-state index contributed by atoms with van der Waals surface area (Å²) in [6, 6.07) is 8.40. The highest BCUT2D eigenvalue weighted by Gasteiger charge is 2.35. The molecular formula is C24H32N4OS2. The Bertz CT molecular complexity index is 866. The van der Waals surface area contributed by atoms with Gasteiger partial charge in [0.15, 0.2) is 0 Å². The summed E-state index contributed by atoms with van der Waals surface area (Å²) in [5.41, 5.74) is 1.04. The van der Waals surface area contributed by atoms with E-state index < -0.39 is 0 Å². The number of carbonyl (C=O) groups is 1. The smallest absolute Gasteiger partial charge is 0.257 e. The van der Waals surface area contributed by atoms with Gasteiger partial charge in [-0.15, -0.1) is 22.7 Å².